The molecule has 0 aromatic rings. The summed E-state index contributed by atoms with van der Waals surface area (Å²) < 4.78 is 13.3. The van der Waals surface area contributed by atoms with E-state index in [1.54, 1.807) is 6.08 Å². The van der Waals surface area contributed by atoms with Gasteiger partial charge < -0.3 is 5.73 Å². The molecule has 0 aromatic carbocycles. The first kappa shape index (κ1) is 7.73. The molecule has 10 heavy (non-hydrogen) atoms. The lowest BCUT2D eigenvalue weighted by Crippen LogP contribution is -2.47. The number of hydrogen-bond donors (Lipinski definition) is 1. The Balaban J connectivity index is 2.49. The van der Waals surface area contributed by atoms with Crippen molar-refractivity contribution in [3.8, 4) is 0 Å². The molecule has 2 heteroatoms. The molecule has 1 saturated carbocycles. The summed E-state index contributed by atoms with van der Waals surface area (Å²) in [4.78, 5) is 0. The van der Waals surface area contributed by atoms with Crippen molar-refractivity contribution >= 4 is 0 Å². The zero-order chi connectivity index (χ0) is 7.78. The fourth-order valence-corrected chi connectivity index (χ4v) is 1.45. The van der Waals surface area contributed by atoms with Crippen LogP contribution >= 0.6 is 0 Å². The highest BCUT2D eigenvalue weighted by Crippen LogP contribution is 2.36. The second kappa shape index (κ2) is 2.35. The SMILES string of the molecule is CC(C)=CC1(F)CC(N)C1. The largest absolute Gasteiger partial charge is 0.327 e. The van der Waals surface area contributed by atoms with E-state index in [1.807, 2.05) is 13.8 Å². The topological polar surface area (TPSA) is 26.0 Å². The molecule has 0 radical (unpaired) electrons. The molecular weight excluding hydrogens is 129 g/mol. The quantitative estimate of drug-likeness (QED) is 0.556. The van der Waals surface area contributed by atoms with Crippen LogP contribution in [0.15, 0.2) is 11.6 Å². The second-order valence-corrected chi connectivity index (χ2v) is 3.42. The van der Waals surface area contributed by atoms with Crippen molar-refractivity contribution in [3.63, 3.8) is 0 Å². The number of halogens is 1. The van der Waals surface area contributed by atoms with Crippen LogP contribution in [-0.4, -0.2) is 11.7 Å². The number of alkyl halides is 1. The Labute approximate surface area is 61.1 Å². The first-order chi connectivity index (χ1) is 4.52. The Hall–Kier alpha value is -0.370. The maximum atomic E-state index is 13.3. The molecule has 0 atom stereocenters. The minimum Gasteiger partial charge on any atom is -0.327 e. The molecule has 1 fully saturated rings. The van der Waals surface area contributed by atoms with Crippen LogP contribution < -0.4 is 5.73 Å². The minimum absolute atomic E-state index is 0.0839. The summed E-state index contributed by atoms with van der Waals surface area (Å²) in [5.41, 5.74) is 5.43. The van der Waals surface area contributed by atoms with E-state index in [2.05, 4.69) is 0 Å². The standard InChI is InChI=1S/C8H14FN/c1-6(2)3-8(9)4-7(10)5-8/h3,7H,4-5,10H2,1-2H3. The van der Waals surface area contributed by atoms with Crippen LogP contribution in [0, 0.1) is 0 Å². The summed E-state index contributed by atoms with van der Waals surface area (Å²) in [6.45, 7) is 3.82. The molecular formula is C8H14FN. The Kier molecular flexibility index (Phi) is 1.82. The normalized spacial score (nSPS) is 38.6. The molecule has 1 aliphatic carbocycles. The van der Waals surface area contributed by atoms with E-state index in [9.17, 15) is 4.39 Å². The van der Waals surface area contributed by atoms with Gasteiger partial charge in [0.25, 0.3) is 0 Å². The molecule has 0 aromatic heterocycles. The molecule has 0 saturated heterocycles. The molecule has 0 aliphatic heterocycles. The van der Waals surface area contributed by atoms with E-state index in [0.717, 1.165) is 5.57 Å². The molecule has 1 rings (SSSR count). The molecule has 0 heterocycles. The number of allylic oxidation sites excluding steroid dienone is 2. The van der Waals surface area contributed by atoms with Gasteiger partial charge in [0.1, 0.15) is 5.67 Å². The van der Waals surface area contributed by atoms with Crippen LogP contribution in [0.1, 0.15) is 26.7 Å². The van der Waals surface area contributed by atoms with Crippen LogP contribution in [0.3, 0.4) is 0 Å². The number of hydrogen-bond acceptors (Lipinski definition) is 1. The highest BCUT2D eigenvalue weighted by Gasteiger charge is 2.40. The molecule has 0 bridgehead atoms. The van der Waals surface area contributed by atoms with Crippen molar-refractivity contribution in [3.05, 3.63) is 11.6 Å². The van der Waals surface area contributed by atoms with Gasteiger partial charge in [-0.3, -0.25) is 0 Å². The fourth-order valence-electron chi connectivity index (χ4n) is 1.45. The van der Waals surface area contributed by atoms with Gasteiger partial charge in [0.05, 0.1) is 0 Å². The molecule has 58 valence electrons. The van der Waals surface area contributed by atoms with E-state index in [-0.39, 0.29) is 6.04 Å². The number of rotatable bonds is 1. The van der Waals surface area contributed by atoms with Gasteiger partial charge in [0, 0.05) is 18.9 Å². The first-order valence-corrected chi connectivity index (χ1v) is 3.62. The Morgan fingerprint density at radius 1 is 1.60 bits per heavy atom. The highest BCUT2D eigenvalue weighted by molar-refractivity contribution is 5.14. The zero-order valence-electron chi connectivity index (χ0n) is 6.52. The Morgan fingerprint density at radius 3 is 2.40 bits per heavy atom. The van der Waals surface area contributed by atoms with E-state index in [4.69, 9.17) is 5.73 Å². The Morgan fingerprint density at radius 2 is 2.10 bits per heavy atom. The third kappa shape index (κ3) is 1.57. The van der Waals surface area contributed by atoms with Gasteiger partial charge in [0.2, 0.25) is 0 Å². The zero-order valence-corrected chi connectivity index (χ0v) is 6.52. The van der Waals surface area contributed by atoms with Crippen molar-refractivity contribution in [1.82, 2.24) is 0 Å². The van der Waals surface area contributed by atoms with E-state index in [1.165, 1.54) is 0 Å². The second-order valence-electron chi connectivity index (χ2n) is 3.42. The first-order valence-electron chi connectivity index (χ1n) is 3.62. The average molecular weight is 143 g/mol. The van der Waals surface area contributed by atoms with Crippen molar-refractivity contribution < 1.29 is 4.39 Å². The predicted molar refractivity (Wildman–Crippen MR) is 40.5 cm³/mol. The third-order valence-electron chi connectivity index (χ3n) is 1.75. The maximum absolute atomic E-state index is 13.3. The average Bonchev–Trinajstić information content (AvgIpc) is 1.57. The third-order valence-corrected chi connectivity index (χ3v) is 1.75. The lowest BCUT2D eigenvalue weighted by Gasteiger charge is -2.37. The van der Waals surface area contributed by atoms with Gasteiger partial charge in [0.15, 0.2) is 0 Å². The summed E-state index contributed by atoms with van der Waals surface area (Å²) in [5.74, 6) is 0. The van der Waals surface area contributed by atoms with Crippen molar-refractivity contribution in [2.24, 2.45) is 5.73 Å². The van der Waals surface area contributed by atoms with Gasteiger partial charge in [-0.2, -0.15) is 0 Å². The van der Waals surface area contributed by atoms with E-state index < -0.39 is 5.67 Å². The van der Waals surface area contributed by atoms with Gasteiger partial charge in [-0.15, -0.1) is 0 Å². The van der Waals surface area contributed by atoms with Crippen LogP contribution in [0.5, 0.6) is 0 Å². The molecule has 1 aliphatic rings. The fraction of sp³-hybridized carbons (Fsp3) is 0.750. The van der Waals surface area contributed by atoms with Crippen molar-refractivity contribution in [1.29, 1.82) is 0 Å². The van der Waals surface area contributed by atoms with Crippen LogP contribution in [0.25, 0.3) is 0 Å². The summed E-state index contributed by atoms with van der Waals surface area (Å²) in [5, 5.41) is 0. The minimum atomic E-state index is -1.07. The maximum Gasteiger partial charge on any atom is 0.132 e. The number of nitrogens with two attached hydrogens (primary N) is 1. The summed E-state index contributed by atoms with van der Waals surface area (Å²) >= 11 is 0. The molecule has 2 N–H and O–H groups in total. The van der Waals surface area contributed by atoms with Crippen molar-refractivity contribution in [2.75, 3.05) is 0 Å². The van der Waals surface area contributed by atoms with Crippen LogP contribution in [0.4, 0.5) is 4.39 Å². The van der Waals surface area contributed by atoms with Gasteiger partial charge in [-0.1, -0.05) is 5.57 Å². The summed E-state index contributed by atoms with van der Waals surface area (Å²) in [6, 6.07) is 0.0839. The highest BCUT2D eigenvalue weighted by atomic mass is 19.1. The lowest BCUT2D eigenvalue weighted by atomic mass is 9.77. The summed E-state index contributed by atoms with van der Waals surface area (Å²) in [7, 11) is 0. The monoisotopic (exact) mass is 143 g/mol. The molecule has 0 unspecified atom stereocenters. The van der Waals surface area contributed by atoms with Crippen LogP contribution in [-0.2, 0) is 0 Å². The summed E-state index contributed by atoms with van der Waals surface area (Å²) in [6.07, 6.45) is 2.67. The van der Waals surface area contributed by atoms with Crippen molar-refractivity contribution in [2.45, 2.75) is 38.4 Å². The van der Waals surface area contributed by atoms with Gasteiger partial charge >= 0.3 is 0 Å². The van der Waals surface area contributed by atoms with Crippen LogP contribution in [0.2, 0.25) is 0 Å². The van der Waals surface area contributed by atoms with Gasteiger partial charge in [-0.25, -0.2) is 4.39 Å². The van der Waals surface area contributed by atoms with Gasteiger partial charge in [-0.05, 0) is 19.9 Å². The van der Waals surface area contributed by atoms with E-state index in [0.29, 0.717) is 12.8 Å². The molecule has 1 nitrogen and oxygen atoms in total. The smallest absolute Gasteiger partial charge is 0.132 e. The Bertz CT molecular complexity index is 153. The molecule has 0 amide bonds. The van der Waals surface area contributed by atoms with E-state index >= 15 is 0 Å². The predicted octanol–water partition coefficient (Wildman–Crippen LogP) is 1.78. The lowest BCUT2D eigenvalue weighted by molar-refractivity contribution is 0.0951. The molecule has 0 spiro atoms.